The van der Waals surface area contributed by atoms with Crippen LogP contribution in [0.1, 0.15) is 25.8 Å². The standard InChI is InChI=1S/C13H19NO3/c1-3-10-5-4-6-11(9-10)17-8-7-13(2,14)12(15)16/h4-6,9H,3,7-8,14H2,1-2H3,(H,15,16). The fourth-order valence-electron chi connectivity index (χ4n) is 1.34. The van der Waals surface area contributed by atoms with Crippen LogP contribution in [0.2, 0.25) is 0 Å². The van der Waals surface area contributed by atoms with E-state index in [0.29, 0.717) is 6.61 Å². The molecule has 0 aliphatic carbocycles. The summed E-state index contributed by atoms with van der Waals surface area (Å²) >= 11 is 0. The molecule has 0 spiro atoms. The number of rotatable bonds is 6. The van der Waals surface area contributed by atoms with E-state index in [1.807, 2.05) is 24.3 Å². The molecular formula is C13H19NO3. The molecule has 4 nitrogen and oxygen atoms in total. The molecule has 1 aromatic rings. The smallest absolute Gasteiger partial charge is 0.323 e. The van der Waals surface area contributed by atoms with Crippen LogP contribution in [-0.2, 0) is 11.2 Å². The van der Waals surface area contributed by atoms with E-state index in [9.17, 15) is 4.79 Å². The first-order chi connectivity index (χ1) is 7.95. The van der Waals surface area contributed by atoms with E-state index in [0.717, 1.165) is 12.2 Å². The average Bonchev–Trinajstić information content (AvgIpc) is 2.29. The molecule has 0 heterocycles. The minimum absolute atomic E-state index is 0.276. The zero-order valence-corrected chi connectivity index (χ0v) is 10.3. The number of carboxylic acids is 1. The Morgan fingerprint density at radius 1 is 1.53 bits per heavy atom. The number of carboxylic acid groups (broad SMARTS) is 1. The highest BCUT2D eigenvalue weighted by Crippen LogP contribution is 2.15. The maximum atomic E-state index is 10.8. The summed E-state index contributed by atoms with van der Waals surface area (Å²) in [4.78, 5) is 10.8. The molecule has 1 atom stereocenters. The molecular weight excluding hydrogens is 218 g/mol. The summed E-state index contributed by atoms with van der Waals surface area (Å²) in [6, 6.07) is 7.76. The van der Waals surface area contributed by atoms with Gasteiger partial charge in [0, 0.05) is 6.42 Å². The van der Waals surface area contributed by atoms with Crippen LogP contribution in [0.4, 0.5) is 0 Å². The first-order valence-electron chi connectivity index (χ1n) is 5.69. The molecule has 1 aromatic carbocycles. The molecule has 17 heavy (non-hydrogen) atoms. The number of aliphatic carboxylic acids is 1. The average molecular weight is 237 g/mol. The van der Waals surface area contributed by atoms with Gasteiger partial charge in [0.05, 0.1) is 6.61 Å². The maximum absolute atomic E-state index is 10.8. The van der Waals surface area contributed by atoms with E-state index in [2.05, 4.69) is 6.92 Å². The Hall–Kier alpha value is -1.55. The molecule has 0 amide bonds. The third-order valence-electron chi connectivity index (χ3n) is 2.69. The lowest BCUT2D eigenvalue weighted by atomic mass is 10.0. The lowest BCUT2D eigenvalue weighted by molar-refractivity contribution is -0.143. The van der Waals surface area contributed by atoms with Gasteiger partial charge in [-0.3, -0.25) is 4.79 Å². The Morgan fingerprint density at radius 3 is 2.82 bits per heavy atom. The van der Waals surface area contributed by atoms with Crippen molar-refractivity contribution >= 4 is 5.97 Å². The topological polar surface area (TPSA) is 72.5 Å². The van der Waals surface area contributed by atoms with E-state index >= 15 is 0 Å². The summed E-state index contributed by atoms with van der Waals surface area (Å²) in [7, 11) is 0. The molecule has 0 radical (unpaired) electrons. The molecule has 0 saturated carbocycles. The van der Waals surface area contributed by atoms with Crippen molar-refractivity contribution < 1.29 is 14.6 Å². The molecule has 94 valence electrons. The number of hydrogen-bond acceptors (Lipinski definition) is 3. The first kappa shape index (κ1) is 13.5. The highest BCUT2D eigenvalue weighted by molar-refractivity contribution is 5.77. The van der Waals surface area contributed by atoms with Gasteiger partial charge in [0.15, 0.2) is 0 Å². The van der Waals surface area contributed by atoms with E-state index in [-0.39, 0.29) is 6.42 Å². The highest BCUT2D eigenvalue weighted by atomic mass is 16.5. The zero-order valence-electron chi connectivity index (χ0n) is 10.3. The monoisotopic (exact) mass is 237 g/mol. The van der Waals surface area contributed by atoms with Gasteiger partial charge in [0.1, 0.15) is 11.3 Å². The van der Waals surface area contributed by atoms with Gasteiger partial charge in [-0.05, 0) is 31.0 Å². The van der Waals surface area contributed by atoms with Gasteiger partial charge < -0.3 is 15.6 Å². The number of carbonyl (C=O) groups is 1. The van der Waals surface area contributed by atoms with Gasteiger partial charge in [-0.2, -0.15) is 0 Å². The second-order valence-corrected chi connectivity index (χ2v) is 4.32. The predicted molar refractivity (Wildman–Crippen MR) is 66.2 cm³/mol. The van der Waals surface area contributed by atoms with Gasteiger partial charge in [0.25, 0.3) is 0 Å². The Labute approximate surface area is 101 Å². The molecule has 0 fully saturated rings. The van der Waals surface area contributed by atoms with Crippen LogP contribution in [0.15, 0.2) is 24.3 Å². The van der Waals surface area contributed by atoms with E-state index < -0.39 is 11.5 Å². The van der Waals surface area contributed by atoms with Gasteiger partial charge >= 0.3 is 5.97 Å². The highest BCUT2D eigenvalue weighted by Gasteiger charge is 2.27. The van der Waals surface area contributed by atoms with Crippen LogP contribution in [0.5, 0.6) is 5.75 Å². The summed E-state index contributed by atoms with van der Waals surface area (Å²) in [6.45, 7) is 3.86. The van der Waals surface area contributed by atoms with E-state index in [1.165, 1.54) is 12.5 Å². The third-order valence-corrected chi connectivity index (χ3v) is 2.69. The Bertz CT molecular complexity index is 388. The van der Waals surface area contributed by atoms with Gasteiger partial charge in [-0.1, -0.05) is 19.1 Å². The number of aryl methyl sites for hydroxylation is 1. The number of hydrogen-bond donors (Lipinski definition) is 2. The first-order valence-corrected chi connectivity index (χ1v) is 5.69. The lowest BCUT2D eigenvalue weighted by Gasteiger charge is -2.19. The van der Waals surface area contributed by atoms with Crippen LogP contribution in [0.25, 0.3) is 0 Å². The SMILES string of the molecule is CCc1cccc(OCCC(C)(N)C(=O)O)c1. The molecule has 4 heteroatoms. The number of benzene rings is 1. The second kappa shape index (κ2) is 5.68. The van der Waals surface area contributed by atoms with Crippen molar-refractivity contribution in [3.8, 4) is 5.75 Å². The second-order valence-electron chi connectivity index (χ2n) is 4.32. The maximum Gasteiger partial charge on any atom is 0.323 e. The molecule has 1 unspecified atom stereocenters. The molecule has 0 aromatic heterocycles. The minimum Gasteiger partial charge on any atom is -0.493 e. The molecule has 3 N–H and O–H groups in total. The van der Waals surface area contributed by atoms with Crippen LogP contribution in [-0.4, -0.2) is 23.2 Å². The predicted octanol–water partition coefficient (Wildman–Crippen LogP) is 1.82. The minimum atomic E-state index is -1.23. The van der Waals surface area contributed by atoms with Crippen molar-refractivity contribution in [1.29, 1.82) is 0 Å². The van der Waals surface area contributed by atoms with Gasteiger partial charge in [-0.25, -0.2) is 0 Å². The van der Waals surface area contributed by atoms with Gasteiger partial charge in [0.2, 0.25) is 0 Å². The number of ether oxygens (including phenoxy) is 1. The van der Waals surface area contributed by atoms with Crippen LogP contribution >= 0.6 is 0 Å². The van der Waals surface area contributed by atoms with E-state index in [4.69, 9.17) is 15.6 Å². The summed E-state index contributed by atoms with van der Waals surface area (Å²) < 4.78 is 5.49. The molecule has 0 aliphatic heterocycles. The fourth-order valence-corrected chi connectivity index (χ4v) is 1.34. The van der Waals surface area contributed by atoms with Crippen molar-refractivity contribution in [2.24, 2.45) is 5.73 Å². The van der Waals surface area contributed by atoms with Crippen molar-refractivity contribution in [3.63, 3.8) is 0 Å². The molecule has 0 bridgehead atoms. The molecule has 1 rings (SSSR count). The van der Waals surface area contributed by atoms with Crippen molar-refractivity contribution in [1.82, 2.24) is 0 Å². The summed E-state index contributed by atoms with van der Waals surface area (Å²) in [6.07, 6.45) is 1.22. The van der Waals surface area contributed by atoms with Crippen LogP contribution in [0.3, 0.4) is 0 Å². The molecule has 0 aliphatic rings. The summed E-state index contributed by atoms with van der Waals surface area (Å²) in [5.41, 5.74) is 5.56. The van der Waals surface area contributed by atoms with Crippen molar-refractivity contribution in [2.75, 3.05) is 6.61 Å². The Kier molecular flexibility index (Phi) is 4.52. The van der Waals surface area contributed by atoms with Crippen molar-refractivity contribution in [3.05, 3.63) is 29.8 Å². The summed E-state index contributed by atoms with van der Waals surface area (Å²) in [5.74, 6) is -0.256. The number of nitrogens with two attached hydrogens (primary N) is 1. The Balaban J connectivity index is 2.48. The third kappa shape index (κ3) is 4.07. The normalized spacial score (nSPS) is 14.1. The van der Waals surface area contributed by atoms with Gasteiger partial charge in [-0.15, -0.1) is 0 Å². The fraction of sp³-hybridized carbons (Fsp3) is 0.462. The lowest BCUT2D eigenvalue weighted by Crippen LogP contribution is -2.45. The zero-order chi connectivity index (χ0) is 12.9. The van der Waals surface area contributed by atoms with Crippen LogP contribution in [0, 0.1) is 0 Å². The molecule has 0 saturated heterocycles. The van der Waals surface area contributed by atoms with E-state index in [1.54, 1.807) is 0 Å². The summed E-state index contributed by atoms with van der Waals surface area (Å²) in [5, 5.41) is 8.84. The quantitative estimate of drug-likeness (QED) is 0.791. The largest absolute Gasteiger partial charge is 0.493 e. The Morgan fingerprint density at radius 2 is 2.24 bits per heavy atom. The van der Waals surface area contributed by atoms with Crippen LogP contribution < -0.4 is 10.5 Å². The van der Waals surface area contributed by atoms with Crippen molar-refractivity contribution in [2.45, 2.75) is 32.2 Å².